The molecule has 184 valence electrons. The summed E-state index contributed by atoms with van der Waals surface area (Å²) in [5.74, 6) is 3.95. The van der Waals surface area contributed by atoms with Crippen molar-refractivity contribution in [2.45, 2.75) is 18.5 Å². The van der Waals surface area contributed by atoms with Gasteiger partial charge in [-0.05, 0) is 36.6 Å². The number of carbonyl (C=O) groups excluding carboxylic acids is 1. The van der Waals surface area contributed by atoms with Gasteiger partial charge in [0.2, 0.25) is 5.91 Å². The molecule has 0 bridgehead atoms. The minimum Gasteiger partial charge on any atom is -0.383 e. The Hall–Kier alpha value is -4.23. The highest BCUT2D eigenvalue weighted by Crippen LogP contribution is 2.33. The maximum Gasteiger partial charge on any atom is 0.246 e. The van der Waals surface area contributed by atoms with Crippen LogP contribution in [0, 0.1) is 23.5 Å². The summed E-state index contributed by atoms with van der Waals surface area (Å²) in [7, 11) is 3.30. The van der Waals surface area contributed by atoms with Gasteiger partial charge in [-0.1, -0.05) is 12.5 Å². The number of nitrogens with zero attached hydrogens (tertiary/aromatic N) is 5. The van der Waals surface area contributed by atoms with Crippen LogP contribution in [-0.2, 0) is 16.6 Å². The summed E-state index contributed by atoms with van der Waals surface area (Å²) in [5.41, 5.74) is 7.17. The van der Waals surface area contributed by atoms with Gasteiger partial charge < -0.3 is 19.9 Å². The van der Waals surface area contributed by atoms with E-state index in [1.807, 2.05) is 0 Å². The number of anilines is 1. The Kier molecular flexibility index (Phi) is 5.94. The number of nitrogens with two attached hydrogens (primary N) is 1. The molecule has 1 aliphatic rings. The lowest BCUT2D eigenvalue weighted by atomic mass is 10.1. The van der Waals surface area contributed by atoms with Gasteiger partial charge in [0.1, 0.15) is 17.3 Å². The monoisotopic (exact) mass is 490 g/mol. The zero-order valence-corrected chi connectivity index (χ0v) is 19.8. The third-order valence-electron chi connectivity index (χ3n) is 6.59. The SMILES string of the molecule is C=CC(=O)N1C[C@@H](n2nc(C#Cc3c(F)cc4c(ccn4C)c3F)c3c(N)nccc32)C[C@@H]1COC. The maximum atomic E-state index is 15.1. The van der Waals surface area contributed by atoms with Crippen LogP contribution in [0.15, 0.2) is 43.2 Å². The molecule has 0 aliphatic carbocycles. The van der Waals surface area contributed by atoms with E-state index in [2.05, 4.69) is 28.5 Å². The lowest BCUT2D eigenvalue weighted by molar-refractivity contribution is -0.127. The molecule has 4 aromatic rings. The van der Waals surface area contributed by atoms with Gasteiger partial charge in [-0.25, -0.2) is 13.8 Å². The van der Waals surface area contributed by atoms with Crippen LogP contribution in [0.2, 0.25) is 0 Å². The van der Waals surface area contributed by atoms with Crippen molar-refractivity contribution in [2.75, 3.05) is 26.0 Å². The van der Waals surface area contributed by atoms with Crippen molar-refractivity contribution >= 4 is 33.5 Å². The molecule has 1 aromatic carbocycles. The summed E-state index contributed by atoms with van der Waals surface area (Å²) < 4.78 is 38.6. The number of benzene rings is 1. The molecule has 0 spiro atoms. The number of fused-ring (bicyclic) bond motifs is 2. The van der Waals surface area contributed by atoms with E-state index in [1.54, 1.807) is 52.8 Å². The topological polar surface area (TPSA) is 91.2 Å². The zero-order chi connectivity index (χ0) is 25.6. The molecule has 0 unspecified atom stereocenters. The van der Waals surface area contributed by atoms with Gasteiger partial charge >= 0.3 is 0 Å². The zero-order valence-electron chi connectivity index (χ0n) is 19.8. The number of likely N-dealkylation sites (tertiary alicyclic amines) is 1. The molecular weight excluding hydrogens is 466 g/mol. The fraction of sp³-hybridized carbons (Fsp3) is 0.269. The highest BCUT2D eigenvalue weighted by Gasteiger charge is 2.36. The van der Waals surface area contributed by atoms with Crippen molar-refractivity contribution in [3.05, 3.63) is 66.1 Å². The van der Waals surface area contributed by atoms with Crippen molar-refractivity contribution in [3.8, 4) is 11.8 Å². The molecule has 1 saturated heterocycles. The van der Waals surface area contributed by atoms with Crippen molar-refractivity contribution in [1.82, 2.24) is 24.2 Å². The fourth-order valence-corrected chi connectivity index (χ4v) is 4.86. The smallest absolute Gasteiger partial charge is 0.246 e. The van der Waals surface area contributed by atoms with Crippen LogP contribution in [0.5, 0.6) is 0 Å². The third kappa shape index (κ3) is 3.78. The summed E-state index contributed by atoms with van der Waals surface area (Å²) in [6.07, 6.45) is 5.08. The van der Waals surface area contributed by atoms with Crippen molar-refractivity contribution in [2.24, 2.45) is 7.05 Å². The average molecular weight is 491 g/mol. The minimum atomic E-state index is -0.763. The number of nitrogen functional groups attached to an aromatic ring is 1. The first-order chi connectivity index (χ1) is 17.3. The molecule has 2 N–H and O–H groups in total. The van der Waals surface area contributed by atoms with Crippen LogP contribution < -0.4 is 5.73 Å². The van der Waals surface area contributed by atoms with E-state index >= 15 is 4.39 Å². The second-order valence-corrected chi connectivity index (χ2v) is 8.73. The van der Waals surface area contributed by atoms with E-state index < -0.39 is 11.6 Å². The van der Waals surface area contributed by atoms with Crippen molar-refractivity contribution in [1.29, 1.82) is 0 Å². The standard InChI is InChI=1S/C26H24F2N6O2/c1-4-23(35)33-13-15(11-16(33)14-36-3)34-21-7-9-30-26(29)24(21)20(31-34)6-5-17-19(27)12-22-18(25(17)28)8-10-32(22)2/h4,7-10,12,15-16H,1,11,13-14H2,2-3H3,(H2,29,30)/t15-,16+/m0/s1. The Balaban J connectivity index is 1.59. The van der Waals surface area contributed by atoms with Crippen LogP contribution in [0.4, 0.5) is 14.6 Å². The molecule has 8 nitrogen and oxygen atoms in total. The van der Waals surface area contributed by atoms with Crippen LogP contribution in [-0.4, -0.2) is 56.4 Å². The van der Waals surface area contributed by atoms with Gasteiger partial charge in [0.15, 0.2) is 5.82 Å². The van der Waals surface area contributed by atoms with E-state index in [9.17, 15) is 9.18 Å². The van der Waals surface area contributed by atoms with E-state index in [1.165, 1.54) is 12.1 Å². The molecule has 1 fully saturated rings. The summed E-state index contributed by atoms with van der Waals surface area (Å²) >= 11 is 0. The van der Waals surface area contributed by atoms with E-state index in [-0.39, 0.29) is 40.5 Å². The number of halogens is 2. The molecule has 1 amide bonds. The van der Waals surface area contributed by atoms with Gasteiger partial charge in [-0.15, -0.1) is 0 Å². The van der Waals surface area contributed by atoms with Crippen LogP contribution >= 0.6 is 0 Å². The number of amides is 1. The quantitative estimate of drug-likeness (QED) is 0.351. The van der Waals surface area contributed by atoms with Gasteiger partial charge in [-0.2, -0.15) is 5.10 Å². The Bertz CT molecular complexity index is 1580. The fourth-order valence-electron chi connectivity index (χ4n) is 4.86. The Labute approximate surface area is 205 Å². The van der Waals surface area contributed by atoms with Crippen LogP contribution in [0.3, 0.4) is 0 Å². The second-order valence-electron chi connectivity index (χ2n) is 8.73. The Morgan fingerprint density at radius 3 is 2.89 bits per heavy atom. The number of aromatic nitrogens is 4. The molecule has 2 atom stereocenters. The lowest BCUT2D eigenvalue weighted by Gasteiger charge is -2.22. The number of pyridine rings is 1. The number of aryl methyl sites for hydroxylation is 1. The summed E-state index contributed by atoms with van der Waals surface area (Å²) in [6.45, 7) is 4.35. The van der Waals surface area contributed by atoms with Crippen LogP contribution in [0.1, 0.15) is 23.7 Å². The second kappa shape index (κ2) is 9.09. The third-order valence-corrected chi connectivity index (χ3v) is 6.59. The normalized spacial score (nSPS) is 17.5. The van der Waals surface area contributed by atoms with Crippen molar-refractivity contribution < 1.29 is 18.3 Å². The minimum absolute atomic E-state index is 0.153. The molecule has 5 rings (SSSR count). The molecule has 36 heavy (non-hydrogen) atoms. The molecule has 10 heteroatoms. The van der Waals surface area contributed by atoms with E-state index in [0.717, 1.165) is 0 Å². The maximum absolute atomic E-state index is 15.1. The largest absolute Gasteiger partial charge is 0.383 e. The average Bonchev–Trinajstić information content (AvgIpc) is 3.55. The van der Waals surface area contributed by atoms with Gasteiger partial charge in [0.05, 0.1) is 40.7 Å². The number of hydrogen-bond donors (Lipinski definition) is 1. The molecule has 4 heterocycles. The summed E-state index contributed by atoms with van der Waals surface area (Å²) in [5, 5.41) is 5.43. The Morgan fingerprint density at radius 2 is 2.14 bits per heavy atom. The highest BCUT2D eigenvalue weighted by molar-refractivity contribution is 5.93. The number of ether oxygens (including phenoxy) is 1. The first-order valence-corrected chi connectivity index (χ1v) is 11.3. The lowest BCUT2D eigenvalue weighted by Crippen LogP contribution is -2.37. The van der Waals surface area contributed by atoms with Crippen molar-refractivity contribution in [3.63, 3.8) is 0 Å². The number of rotatable bonds is 4. The first kappa shape index (κ1) is 23.5. The molecule has 0 saturated carbocycles. The van der Waals surface area contributed by atoms with E-state index in [4.69, 9.17) is 10.5 Å². The first-order valence-electron chi connectivity index (χ1n) is 11.3. The number of carbonyl (C=O) groups is 1. The summed E-state index contributed by atoms with van der Waals surface area (Å²) in [6, 6.07) is 4.25. The van der Waals surface area contributed by atoms with Crippen LogP contribution in [0.25, 0.3) is 21.8 Å². The summed E-state index contributed by atoms with van der Waals surface area (Å²) in [4.78, 5) is 18.3. The van der Waals surface area contributed by atoms with Gasteiger partial charge in [0, 0.05) is 38.5 Å². The predicted molar refractivity (Wildman–Crippen MR) is 132 cm³/mol. The Morgan fingerprint density at radius 1 is 1.33 bits per heavy atom. The molecule has 0 radical (unpaired) electrons. The number of hydrogen-bond acceptors (Lipinski definition) is 5. The molecular formula is C26H24F2N6O2. The highest BCUT2D eigenvalue weighted by atomic mass is 19.1. The van der Waals surface area contributed by atoms with Gasteiger partial charge in [0.25, 0.3) is 0 Å². The molecule has 3 aromatic heterocycles. The number of methoxy groups -OCH3 is 1. The van der Waals surface area contributed by atoms with E-state index in [0.29, 0.717) is 36.0 Å². The predicted octanol–water partition coefficient (Wildman–Crippen LogP) is 3.16. The van der Waals surface area contributed by atoms with Gasteiger partial charge in [-0.3, -0.25) is 9.48 Å². The molecule has 1 aliphatic heterocycles.